The number of benzene rings is 7. The molecule has 0 saturated heterocycles. The molecule has 51 heavy (non-hydrogen) atoms. The van der Waals surface area contributed by atoms with Gasteiger partial charge in [0.25, 0.3) is 0 Å². The van der Waals surface area contributed by atoms with Gasteiger partial charge in [0, 0.05) is 52.5 Å². The second kappa shape index (κ2) is 9.44. The van der Waals surface area contributed by atoms with Crippen molar-refractivity contribution in [2.75, 3.05) is 0 Å². The van der Waals surface area contributed by atoms with Gasteiger partial charge in [0.05, 0.1) is 22.1 Å². The highest BCUT2D eigenvalue weighted by molar-refractivity contribution is 8.01. The van der Waals surface area contributed by atoms with Crippen LogP contribution in [0.1, 0.15) is 25.3 Å². The second-order valence-electron chi connectivity index (χ2n) is 14.9. The van der Waals surface area contributed by atoms with Gasteiger partial charge in [0.1, 0.15) is 0 Å². The third kappa shape index (κ3) is 3.20. The molecule has 0 atom stereocenters. The standard InChI is InChI=1S/C45H28B2N2S2/c1-24(2)39-44-31(46-29-13-5-9-17-35(29)48-33-15-7-3-11-25(33)27-19-21-37(50-44)40(46)42(27)48)23-32-45(39)51-38-22-20-28-26-12-4-8-16-34(26)49-36-18-10-6-14-30(36)47(32)41(38)43(28)49/h3-24H,1-2H3. The summed E-state index contributed by atoms with van der Waals surface area (Å²) in [6.45, 7) is 5.16. The van der Waals surface area contributed by atoms with Crippen LogP contribution in [0.4, 0.5) is 0 Å². The van der Waals surface area contributed by atoms with E-state index in [1.54, 1.807) is 0 Å². The van der Waals surface area contributed by atoms with Crippen molar-refractivity contribution in [1.82, 2.24) is 9.13 Å². The quantitative estimate of drug-likeness (QED) is 0.165. The summed E-state index contributed by atoms with van der Waals surface area (Å²) >= 11 is 4.04. The fraction of sp³-hybridized carbons (Fsp3) is 0.0667. The predicted molar refractivity (Wildman–Crippen MR) is 220 cm³/mol. The molecule has 13 rings (SSSR count). The topological polar surface area (TPSA) is 9.86 Å². The minimum absolute atomic E-state index is 0.170. The first-order chi connectivity index (χ1) is 25.2. The molecular formula is C45H28B2N2S2. The minimum Gasteiger partial charge on any atom is -0.310 e. The summed E-state index contributed by atoms with van der Waals surface area (Å²) in [6, 6.07) is 48.6. The van der Waals surface area contributed by atoms with Crippen LogP contribution in [0.3, 0.4) is 0 Å². The van der Waals surface area contributed by atoms with Gasteiger partial charge in [0.15, 0.2) is 0 Å². The van der Waals surface area contributed by atoms with E-state index in [2.05, 4.69) is 150 Å². The first kappa shape index (κ1) is 27.7. The number of hydrogen-bond acceptors (Lipinski definition) is 2. The Morgan fingerprint density at radius 1 is 0.471 bits per heavy atom. The molecule has 0 bridgehead atoms. The lowest BCUT2D eigenvalue weighted by molar-refractivity contribution is 0.821. The Kier molecular flexibility index (Phi) is 5.12. The molecule has 2 nitrogen and oxygen atoms in total. The number of fused-ring (bicyclic) bond motifs is 16. The van der Waals surface area contributed by atoms with Crippen LogP contribution in [0, 0.1) is 0 Å². The lowest BCUT2D eigenvalue weighted by atomic mass is 9.32. The average Bonchev–Trinajstić information content (AvgIpc) is 3.69. The summed E-state index contributed by atoms with van der Waals surface area (Å²) in [6.07, 6.45) is 0. The molecule has 4 aliphatic rings. The molecule has 6 heterocycles. The average molecular weight is 682 g/mol. The normalized spacial score (nSPS) is 14.4. The van der Waals surface area contributed by atoms with E-state index in [4.69, 9.17) is 0 Å². The number of rotatable bonds is 1. The first-order valence-electron chi connectivity index (χ1n) is 18.0. The molecule has 0 N–H and O–H groups in total. The van der Waals surface area contributed by atoms with E-state index in [-0.39, 0.29) is 13.4 Å². The lowest BCUT2D eigenvalue weighted by Gasteiger charge is -2.38. The van der Waals surface area contributed by atoms with Gasteiger partial charge in [0.2, 0.25) is 13.4 Å². The molecule has 0 saturated carbocycles. The Bertz CT molecular complexity index is 2900. The van der Waals surface area contributed by atoms with Gasteiger partial charge in [-0.1, -0.05) is 139 Å². The van der Waals surface area contributed by atoms with E-state index in [1.807, 2.05) is 23.5 Å². The van der Waals surface area contributed by atoms with Crippen molar-refractivity contribution in [3.8, 4) is 11.4 Å². The third-order valence-electron chi connectivity index (χ3n) is 12.2. The smallest absolute Gasteiger partial charge is 0.249 e. The molecule has 0 spiro atoms. The van der Waals surface area contributed by atoms with Gasteiger partial charge in [-0.3, -0.25) is 0 Å². The zero-order valence-electron chi connectivity index (χ0n) is 28.1. The van der Waals surface area contributed by atoms with Crippen LogP contribution in [0.15, 0.2) is 147 Å². The highest BCUT2D eigenvalue weighted by atomic mass is 32.2. The Morgan fingerprint density at radius 3 is 1.41 bits per heavy atom. The molecule has 9 aromatic rings. The molecule has 2 aromatic heterocycles. The molecule has 7 aromatic carbocycles. The van der Waals surface area contributed by atoms with Crippen LogP contribution in [0.25, 0.3) is 55.0 Å². The van der Waals surface area contributed by atoms with Crippen LogP contribution in [-0.4, -0.2) is 22.6 Å². The molecule has 6 heteroatoms. The van der Waals surface area contributed by atoms with Gasteiger partial charge >= 0.3 is 0 Å². The molecule has 0 amide bonds. The fourth-order valence-electron chi connectivity index (χ4n) is 10.3. The molecule has 4 aliphatic heterocycles. The maximum atomic E-state index is 2.67. The monoisotopic (exact) mass is 682 g/mol. The van der Waals surface area contributed by atoms with Gasteiger partial charge in [-0.15, -0.1) is 0 Å². The van der Waals surface area contributed by atoms with Crippen molar-refractivity contribution < 1.29 is 0 Å². The van der Waals surface area contributed by atoms with Crippen molar-refractivity contribution in [3.63, 3.8) is 0 Å². The van der Waals surface area contributed by atoms with E-state index < -0.39 is 0 Å². The van der Waals surface area contributed by atoms with E-state index >= 15 is 0 Å². The van der Waals surface area contributed by atoms with E-state index in [0.717, 1.165) is 0 Å². The molecule has 0 fully saturated rings. The summed E-state index contributed by atoms with van der Waals surface area (Å²) in [5.74, 6) is 0.375. The molecule has 0 aliphatic carbocycles. The Hall–Kier alpha value is -5.03. The van der Waals surface area contributed by atoms with Crippen LogP contribution in [0.5, 0.6) is 0 Å². The zero-order chi connectivity index (χ0) is 33.3. The summed E-state index contributed by atoms with van der Waals surface area (Å²) < 4.78 is 5.11. The summed E-state index contributed by atoms with van der Waals surface area (Å²) in [5.41, 5.74) is 18.2. The number of hydrogen-bond donors (Lipinski definition) is 0. The third-order valence-corrected chi connectivity index (χ3v) is 14.6. The van der Waals surface area contributed by atoms with Gasteiger partial charge in [-0.2, -0.15) is 0 Å². The summed E-state index contributed by atoms with van der Waals surface area (Å²) in [5, 5.41) is 5.38. The number of para-hydroxylation sites is 4. The Morgan fingerprint density at radius 2 is 0.922 bits per heavy atom. The molecular weight excluding hydrogens is 654 g/mol. The Balaban J connectivity index is 1.17. The maximum Gasteiger partial charge on any atom is 0.249 e. The van der Waals surface area contributed by atoms with Crippen molar-refractivity contribution in [1.29, 1.82) is 0 Å². The summed E-state index contributed by atoms with van der Waals surface area (Å²) in [7, 11) is 0. The maximum absolute atomic E-state index is 2.67. The van der Waals surface area contributed by atoms with Crippen LogP contribution in [-0.2, 0) is 0 Å². The highest BCUT2D eigenvalue weighted by Crippen LogP contribution is 2.47. The van der Waals surface area contributed by atoms with Gasteiger partial charge in [-0.25, -0.2) is 0 Å². The minimum atomic E-state index is 0.170. The fourth-order valence-corrected chi connectivity index (χ4v) is 13.2. The Labute approximate surface area is 304 Å². The van der Waals surface area contributed by atoms with Crippen molar-refractivity contribution in [3.05, 3.63) is 133 Å². The van der Waals surface area contributed by atoms with Crippen molar-refractivity contribution in [2.45, 2.75) is 39.3 Å². The lowest BCUT2D eigenvalue weighted by Crippen LogP contribution is -2.63. The van der Waals surface area contributed by atoms with Crippen LogP contribution in [0.2, 0.25) is 0 Å². The van der Waals surface area contributed by atoms with E-state index in [9.17, 15) is 0 Å². The van der Waals surface area contributed by atoms with E-state index in [1.165, 1.54) is 113 Å². The van der Waals surface area contributed by atoms with E-state index in [0.29, 0.717) is 5.92 Å². The highest BCUT2D eigenvalue weighted by Gasteiger charge is 2.45. The first-order valence-corrected chi connectivity index (χ1v) is 19.7. The molecule has 236 valence electrons. The van der Waals surface area contributed by atoms with Crippen molar-refractivity contribution >= 4 is 113 Å². The van der Waals surface area contributed by atoms with Crippen LogP contribution >= 0.6 is 23.5 Å². The van der Waals surface area contributed by atoms with Crippen LogP contribution < -0.4 is 32.8 Å². The van der Waals surface area contributed by atoms with Crippen molar-refractivity contribution in [2.24, 2.45) is 0 Å². The second-order valence-corrected chi connectivity index (χ2v) is 17.0. The number of nitrogens with zero attached hydrogens (tertiary/aromatic N) is 2. The van der Waals surface area contributed by atoms with Gasteiger partial charge < -0.3 is 9.13 Å². The summed E-state index contributed by atoms with van der Waals surface area (Å²) in [4.78, 5) is 5.73. The number of aromatic nitrogens is 2. The SMILES string of the molecule is CC(C)c1c2c(cc3c1Sc1ccc4c5ccccc5n5c4c1B3c1ccccc1-5)B1c3ccccc3-n3c4ccccc4c4ccc(c1c43)S2. The predicted octanol–water partition coefficient (Wildman–Crippen LogP) is 7.59. The molecule has 0 unspecified atom stereocenters. The largest absolute Gasteiger partial charge is 0.310 e. The zero-order valence-corrected chi connectivity index (χ0v) is 29.7. The van der Waals surface area contributed by atoms with Gasteiger partial charge in [-0.05, 0) is 69.7 Å². The molecule has 0 radical (unpaired) electrons.